The number of hydrogen-bond donors (Lipinski definition) is 0. The third kappa shape index (κ3) is 61.1. The molecular formula is C24H28Na14O63S14. The maximum atomic E-state index is 12.6. The Morgan fingerprint density at radius 3 is 0.522 bits per heavy atom. The van der Waals surface area contributed by atoms with Gasteiger partial charge in [-0.1, -0.05) is 0 Å². The van der Waals surface area contributed by atoms with Crippen molar-refractivity contribution in [3.05, 3.63) is 0 Å². The molecule has 0 spiro atoms. The van der Waals surface area contributed by atoms with Crippen molar-refractivity contribution < 1.29 is 687 Å². The second-order valence-corrected chi connectivity index (χ2v) is 32.2. The average Bonchev–Trinajstić information content (AvgIpc) is 0.756. The van der Waals surface area contributed by atoms with Gasteiger partial charge < -0.3 is 96.9 Å². The van der Waals surface area contributed by atoms with E-state index >= 15 is 0 Å². The molecule has 0 radical (unpaired) electrons. The van der Waals surface area contributed by atoms with E-state index < -0.39 is 295 Å². The van der Waals surface area contributed by atoms with Crippen LogP contribution in [0.3, 0.4) is 0 Å². The zero-order valence-corrected chi connectivity index (χ0v) is 99.2. The molecular weight excluding hydrogens is 2070 g/mol. The predicted molar refractivity (Wildman–Crippen MR) is 254 cm³/mol. The first-order valence-electron chi connectivity index (χ1n) is 23.1. The molecule has 4 saturated heterocycles. The van der Waals surface area contributed by atoms with Crippen molar-refractivity contribution >= 4 is 146 Å². The summed E-state index contributed by atoms with van der Waals surface area (Å²) in [5.74, 6) is 0. The van der Waals surface area contributed by atoms with Crippen molar-refractivity contribution in [2.24, 2.45) is 0 Å². The Bertz CT molecular complexity index is 4670. The standard InChI is InChI=1S/C24H42O63S14.14Na/c25-88(26,27)68-2-6-9(13(80-94(43,44)45)18(85-99(58,59)60)23(73-6)76-24-20(87-101(64,65)66)16(83-97(52,53)54)12(79-93(40,41)42)8(74-24)4-70-90(31,32)33)75-22-19(86-100(61,62)63)15(82-96(49,50)51)10(77-91(34,35)36)5(72-22)1-67-21-17(84-98(55,56)57)14(81-95(46,47)48)11(78-92(37,38)39)7(71-21)3-69-89(28,29)30;;;;;;;;;;;;;;/h5-24H,1-4H2,(H,25,26,27)(H,28,29,30)(H,31,32,33)(H,34,35,36)(H,37,38,39)(H,40,41,42)(H,43,44,45)(H,46,47,48)(H,49,50,51)(H,52,53,54)(H,55,56,57)(H,58,59,60)(H,61,62,63)(H,64,65,66);;;;;;;;;;;;;;/q;14*+1/p-14. The van der Waals surface area contributed by atoms with Crippen LogP contribution in [0.2, 0.25) is 0 Å². The molecule has 4 aliphatic heterocycles. The first-order valence-corrected chi connectivity index (χ1v) is 41.8. The van der Waals surface area contributed by atoms with Gasteiger partial charge in [-0.25, -0.2) is 118 Å². The maximum Gasteiger partial charge on any atom is 1.00 e. The van der Waals surface area contributed by atoms with Gasteiger partial charge in [0.05, 0.1) is 26.4 Å². The van der Waals surface area contributed by atoms with Crippen LogP contribution in [0.4, 0.5) is 0 Å². The third-order valence-electron chi connectivity index (χ3n) is 11.0. The molecule has 0 aromatic rings. The first-order chi connectivity index (χ1) is 44.7. The van der Waals surface area contributed by atoms with Crippen molar-refractivity contribution in [3.63, 3.8) is 0 Å². The predicted octanol–water partition coefficient (Wildman–Crippen LogP) is -58.9. The molecule has 600 valence electrons. The minimum atomic E-state index is -7.16. The molecule has 0 bridgehead atoms. The molecule has 4 aliphatic rings. The first kappa shape index (κ1) is 150. The molecule has 0 aromatic carbocycles. The van der Waals surface area contributed by atoms with Crippen molar-refractivity contribution in [2.75, 3.05) is 26.4 Å². The van der Waals surface area contributed by atoms with Crippen molar-refractivity contribution in [3.8, 4) is 0 Å². The van der Waals surface area contributed by atoms with Crippen LogP contribution in [-0.2, 0) is 237 Å². The van der Waals surface area contributed by atoms with E-state index in [1.54, 1.807) is 0 Å². The fourth-order valence-electron chi connectivity index (χ4n) is 8.30. The Labute approximate surface area is 962 Å². The largest absolute Gasteiger partial charge is 1.00 e. The summed E-state index contributed by atoms with van der Waals surface area (Å²) in [7, 11) is -95.0. The summed E-state index contributed by atoms with van der Waals surface area (Å²) in [5.41, 5.74) is 0. The smallest absolute Gasteiger partial charge is 0.726 e. The van der Waals surface area contributed by atoms with Gasteiger partial charge in [-0.05, 0) is 0 Å². The van der Waals surface area contributed by atoms with E-state index in [-0.39, 0.29) is 414 Å². The topological polar surface area (TPSA) is 995 Å². The van der Waals surface area contributed by atoms with Gasteiger partial charge in [-0.3, -0.25) is 58.6 Å². The van der Waals surface area contributed by atoms with Gasteiger partial charge in [0.15, 0.2) is 49.6 Å². The normalized spacial score (nSPS) is 28.5. The van der Waals surface area contributed by atoms with Crippen LogP contribution in [-0.4, -0.2) is 331 Å². The molecule has 115 heavy (non-hydrogen) atoms. The van der Waals surface area contributed by atoms with Gasteiger partial charge in [0.2, 0.25) is 146 Å². The Morgan fingerprint density at radius 2 is 0.322 bits per heavy atom. The molecule has 4 rings (SSSR count). The fraction of sp³-hybridized carbons (Fsp3) is 1.00. The minimum Gasteiger partial charge on any atom is -0.726 e. The molecule has 20 unspecified atom stereocenters. The average molecular weight is 2100 g/mol. The van der Waals surface area contributed by atoms with E-state index in [2.05, 4.69) is 58.6 Å². The Balaban J connectivity index is -0.000000858. The van der Waals surface area contributed by atoms with Crippen LogP contribution < -0.4 is 414 Å². The van der Waals surface area contributed by atoms with Gasteiger partial charge in [-0.2, -0.15) is 0 Å². The van der Waals surface area contributed by atoms with E-state index in [4.69, 9.17) is 33.2 Å². The Kier molecular flexibility index (Phi) is 78.1. The van der Waals surface area contributed by atoms with Crippen LogP contribution in [0, 0.1) is 0 Å². The third-order valence-corrected chi connectivity index (χ3v) is 17.3. The summed E-state index contributed by atoms with van der Waals surface area (Å²) in [4.78, 5) is 0. The number of rotatable bonds is 38. The van der Waals surface area contributed by atoms with Crippen molar-refractivity contribution in [2.45, 2.75) is 123 Å². The molecule has 91 heteroatoms. The summed E-state index contributed by atoms with van der Waals surface area (Å²) >= 11 is 0. The van der Waals surface area contributed by atoms with Crippen LogP contribution in [0.25, 0.3) is 0 Å². The second-order valence-electron chi connectivity index (χ2n) is 18.0. The van der Waals surface area contributed by atoms with Crippen LogP contribution in [0.1, 0.15) is 0 Å². The molecule has 0 amide bonds. The van der Waals surface area contributed by atoms with E-state index in [0.29, 0.717) is 0 Å². The summed E-state index contributed by atoms with van der Waals surface area (Å²) in [6.07, 6.45) is -76.8. The zero-order chi connectivity index (χ0) is 78.2. The van der Waals surface area contributed by atoms with Gasteiger partial charge >= 0.3 is 414 Å². The van der Waals surface area contributed by atoms with Gasteiger partial charge in [0.25, 0.3) is 0 Å². The van der Waals surface area contributed by atoms with E-state index in [9.17, 15) is 182 Å². The van der Waals surface area contributed by atoms with E-state index in [1.807, 2.05) is 0 Å². The van der Waals surface area contributed by atoms with Crippen LogP contribution in [0.5, 0.6) is 0 Å². The molecule has 0 aliphatic carbocycles. The molecule has 0 saturated carbocycles. The maximum absolute atomic E-state index is 12.6. The quantitative estimate of drug-likeness (QED) is 0.0315. The van der Waals surface area contributed by atoms with Gasteiger partial charge in [-0.15, -0.1) is 0 Å². The zero-order valence-electron chi connectivity index (χ0n) is 59.8. The van der Waals surface area contributed by atoms with Crippen molar-refractivity contribution in [1.82, 2.24) is 0 Å². The monoisotopic (exact) mass is 2090 g/mol. The summed E-state index contributed by atoms with van der Waals surface area (Å²) in [6, 6.07) is 0. The van der Waals surface area contributed by atoms with Crippen LogP contribution in [0.15, 0.2) is 0 Å². The van der Waals surface area contributed by atoms with Crippen molar-refractivity contribution in [1.29, 1.82) is 0 Å². The molecule has 0 aromatic heterocycles. The fourth-order valence-corrected chi connectivity index (χ4v) is 14.6. The van der Waals surface area contributed by atoms with Crippen LogP contribution >= 0.6 is 0 Å². The van der Waals surface area contributed by atoms with E-state index in [0.717, 1.165) is 0 Å². The van der Waals surface area contributed by atoms with Gasteiger partial charge in [0.1, 0.15) is 73.2 Å². The van der Waals surface area contributed by atoms with E-state index in [1.165, 1.54) is 0 Å². The Morgan fingerprint density at radius 1 is 0.174 bits per heavy atom. The minimum absolute atomic E-state index is 0. The molecule has 20 atom stereocenters. The Hall–Kier alpha value is 11.9. The molecule has 4 heterocycles. The summed E-state index contributed by atoms with van der Waals surface area (Å²) in [6.45, 7) is -9.81. The molecule has 63 nitrogen and oxygen atoms in total. The molecule has 4 fully saturated rings. The summed E-state index contributed by atoms with van der Waals surface area (Å²) < 4.78 is 595. The summed E-state index contributed by atoms with van der Waals surface area (Å²) in [5, 5.41) is 0. The number of ether oxygens (including phenoxy) is 7. The molecule has 0 N–H and O–H groups in total. The second kappa shape index (κ2) is 60.0. The number of hydrogen-bond acceptors (Lipinski definition) is 63. The van der Waals surface area contributed by atoms with Gasteiger partial charge in [0, 0.05) is 0 Å². The SMILES string of the molecule is O=S(=O)([O-])OCC1OC(OC2OC(COS(=O)(=O)[O-])C(OS(=O)(=O)[O-])C(OS(=O)(=O)[O-])C2OS(=O)(=O)[O-])C(OS(=O)(=O)[O-])C(OS(=O)(=O)[O-])C1OC1OC(COC2OC(COS(=O)(=O)[O-])C(OS(=O)(=O)[O-])C(OS(=O)(=O)[O-])C2OS(=O)(=O)[O-])C(OS(=O)(=O)[O-])C(OS(=O)(=O)[O-])C1OS(=O)(=O)[O-].[Na+].[Na+].[Na+].[Na+].[Na+].[Na+].[Na+].[Na+].[Na+].[Na+].[Na+].[Na+].[Na+].[Na+].